The normalized spacial score (nSPS) is 11.2. The van der Waals surface area contributed by atoms with Gasteiger partial charge in [-0.15, -0.1) is 0 Å². The second kappa shape index (κ2) is 4.34. The molecule has 0 amide bonds. The van der Waals surface area contributed by atoms with Crippen molar-refractivity contribution in [3.63, 3.8) is 0 Å². The maximum atomic E-state index is 12.1. The van der Waals surface area contributed by atoms with Crippen LogP contribution in [0.1, 0.15) is 10.5 Å². The van der Waals surface area contributed by atoms with Crippen LogP contribution in [0.2, 0.25) is 0 Å². The summed E-state index contributed by atoms with van der Waals surface area (Å²) in [5.41, 5.74) is 2.82. The van der Waals surface area contributed by atoms with Crippen molar-refractivity contribution in [1.82, 2.24) is 18.9 Å². The lowest BCUT2D eigenvalue weighted by Gasteiger charge is -2.05. The van der Waals surface area contributed by atoms with E-state index in [0.717, 1.165) is 16.6 Å². The van der Waals surface area contributed by atoms with Crippen LogP contribution < -0.4 is 5.69 Å². The van der Waals surface area contributed by atoms with Gasteiger partial charge in [0.25, 0.3) is 0 Å². The number of benzene rings is 1. The molecule has 0 fully saturated rings. The Bertz CT molecular complexity index is 930. The number of aryl methyl sites for hydroxylation is 3. The molecule has 0 radical (unpaired) electrons. The van der Waals surface area contributed by atoms with E-state index in [1.165, 1.54) is 10.7 Å². The molecular formula is C14H14N4O3. The predicted molar refractivity (Wildman–Crippen MR) is 77.3 cm³/mol. The molecule has 3 rings (SSSR count). The maximum absolute atomic E-state index is 12.1. The highest BCUT2D eigenvalue weighted by Gasteiger charge is 2.17. The summed E-state index contributed by atoms with van der Waals surface area (Å²) in [5, 5.41) is 13.0. The molecule has 1 N–H and O–H groups in total. The van der Waals surface area contributed by atoms with Crippen molar-refractivity contribution in [2.24, 2.45) is 21.1 Å². The number of fused-ring (bicyclic) bond motifs is 1. The minimum absolute atomic E-state index is 0.0227. The topological polar surface area (TPSA) is 82.1 Å². The lowest BCUT2D eigenvalue weighted by Crippen LogP contribution is -2.19. The molecule has 0 spiro atoms. The van der Waals surface area contributed by atoms with Crippen LogP contribution in [0, 0.1) is 0 Å². The third-order valence-electron chi connectivity index (χ3n) is 3.66. The lowest BCUT2D eigenvalue weighted by molar-refractivity contribution is 0.0689. The molecule has 7 heteroatoms. The molecule has 7 nitrogen and oxygen atoms in total. The fourth-order valence-electron chi connectivity index (χ4n) is 2.61. The molecule has 2 aromatic heterocycles. The third-order valence-corrected chi connectivity index (χ3v) is 3.66. The van der Waals surface area contributed by atoms with Gasteiger partial charge in [-0.1, -0.05) is 12.1 Å². The van der Waals surface area contributed by atoms with Gasteiger partial charge < -0.3 is 5.11 Å². The first-order valence-corrected chi connectivity index (χ1v) is 6.34. The zero-order chi connectivity index (χ0) is 15.3. The van der Waals surface area contributed by atoms with Crippen LogP contribution in [0.5, 0.6) is 0 Å². The molecule has 0 saturated heterocycles. The van der Waals surface area contributed by atoms with E-state index in [1.54, 1.807) is 30.3 Å². The van der Waals surface area contributed by atoms with Gasteiger partial charge in [-0.2, -0.15) is 5.10 Å². The van der Waals surface area contributed by atoms with Crippen LogP contribution in [-0.4, -0.2) is 30.0 Å². The summed E-state index contributed by atoms with van der Waals surface area (Å²) in [4.78, 5) is 23.1. The Kier molecular flexibility index (Phi) is 2.72. The van der Waals surface area contributed by atoms with E-state index in [1.807, 2.05) is 18.2 Å². The summed E-state index contributed by atoms with van der Waals surface area (Å²) in [5.74, 6) is -1.08. The Morgan fingerprint density at radius 1 is 1.19 bits per heavy atom. The number of carboxylic acids is 1. The smallest absolute Gasteiger partial charge is 0.356 e. The number of para-hydroxylation sites is 1. The zero-order valence-corrected chi connectivity index (χ0v) is 11.9. The molecule has 0 aliphatic rings. The average Bonchev–Trinajstić information content (AvgIpc) is 2.94. The predicted octanol–water partition coefficient (Wildman–Crippen LogP) is 0.976. The van der Waals surface area contributed by atoms with Crippen LogP contribution in [0.4, 0.5) is 0 Å². The number of aromatic carboxylic acids is 1. The first kappa shape index (κ1) is 13.2. The lowest BCUT2D eigenvalue weighted by atomic mass is 10.1. The molecule has 1 aromatic carbocycles. The van der Waals surface area contributed by atoms with Crippen LogP contribution >= 0.6 is 0 Å². The maximum Gasteiger partial charge on any atom is 0.356 e. The van der Waals surface area contributed by atoms with Crippen LogP contribution in [0.15, 0.2) is 29.1 Å². The van der Waals surface area contributed by atoms with E-state index < -0.39 is 5.97 Å². The molecule has 0 bridgehead atoms. The molecule has 0 atom stereocenters. The first-order valence-electron chi connectivity index (χ1n) is 6.34. The summed E-state index contributed by atoms with van der Waals surface area (Å²) in [7, 11) is 5.09. The Labute approximate surface area is 119 Å². The number of aromatic nitrogens is 4. The van der Waals surface area contributed by atoms with Crippen molar-refractivity contribution in [3.8, 4) is 11.3 Å². The van der Waals surface area contributed by atoms with Gasteiger partial charge >= 0.3 is 11.7 Å². The van der Waals surface area contributed by atoms with E-state index in [9.17, 15) is 9.59 Å². The van der Waals surface area contributed by atoms with Crippen LogP contribution in [0.25, 0.3) is 22.3 Å². The van der Waals surface area contributed by atoms with E-state index in [-0.39, 0.29) is 11.4 Å². The molecule has 2 heterocycles. The van der Waals surface area contributed by atoms with Crippen molar-refractivity contribution >= 4 is 17.0 Å². The first-order chi connectivity index (χ1) is 9.91. The average molecular weight is 286 g/mol. The highest BCUT2D eigenvalue weighted by atomic mass is 16.4. The third kappa shape index (κ3) is 1.78. The Hall–Kier alpha value is -2.83. The van der Waals surface area contributed by atoms with Gasteiger partial charge in [-0.05, 0) is 12.1 Å². The van der Waals surface area contributed by atoms with Crippen LogP contribution in [0.3, 0.4) is 0 Å². The fraction of sp³-hybridized carbons (Fsp3) is 0.214. The van der Waals surface area contributed by atoms with Crippen molar-refractivity contribution in [3.05, 3.63) is 40.4 Å². The van der Waals surface area contributed by atoms with Gasteiger partial charge in [-0.25, -0.2) is 9.59 Å². The number of imidazole rings is 1. The summed E-state index contributed by atoms with van der Waals surface area (Å²) in [6.45, 7) is 0. The van der Waals surface area contributed by atoms with Gasteiger partial charge in [-0.3, -0.25) is 13.8 Å². The largest absolute Gasteiger partial charge is 0.476 e. The summed E-state index contributed by atoms with van der Waals surface area (Å²) in [6.07, 6.45) is 0. The Balaban J connectivity index is 2.38. The quantitative estimate of drug-likeness (QED) is 0.761. The molecule has 3 aromatic rings. The van der Waals surface area contributed by atoms with Gasteiger partial charge in [0.15, 0.2) is 5.69 Å². The number of nitrogens with zero attached hydrogens (tertiary/aromatic N) is 4. The summed E-state index contributed by atoms with van der Waals surface area (Å²) in [6, 6.07) is 7.05. The van der Waals surface area contributed by atoms with Crippen LogP contribution in [-0.2, 0) is 21.1 Å². The van der Waals surface area contributed by atoms with Crippen molar-refractivity contribution in [2.45, 2.75) is 0 Å². The van der Waals surface area contributed by atoms with E-state index in [4.69, 9.17) is 5.11 Å². The summed E-state index contributed by atoms with van der Waals surface area (Å²) >= 11 is 0. The number of rotatable bonds is 2. The fourth-order valence-corrected chi connectivity index (χ4v) is 2.61. The standard InChI is InChI=1S/C14H14N4O3/c1-16-10-6-4-5-8(12(10)17(2)14(16)21)11-7-9(13(19)20)15-18(11)3/h4-7H,1-3H3,(H,19,20). The summed E-state index contributed by atoms with van der Waals surface area (Å²) < 4.78 is 4.63. The van der Waals surface area contributed by atoms with Gasteiger partial charge in [0.2, 0.25) is 0 Å². The molecule has 0 aliphatic heterocycles. The van der Waals surface area contributed by atoms with E-state index >= 15 is 0 Å². The molecular weight excluding hydrogens is 272 g/mol. The van der Waals surface area contributed by atoms with E-state index in [0.29, 0.717) is 5.69 Å². The minimum Gasteiger partial charge on any atom is -0.476 e. The second-order valence-corrected chi connectivity index (χ2v) is 4.92. The number of carbonyl (C=O) groups is 1. The second-order valence-electron chi connectivity index (χ2n) is 4.92. The van der Waals surface area contributed by atoms with Crippen molar-refractivity contribution in [2.75, 3.05) is 0 Å². The van der Waals surface area contributed by atoms with Gasteiger partial charge in [0.05, 0.1) is 16.7 Å². The number of carboxylic acid groups (broad SMARTS) is 1. The van der Waals surface area contributed by atoms with Crippen molar-refractivity contribution < 1.29 is 9.90 Å². The molecule has 0 aliphatic carbocycles. The van der Waals surface area contributed by atoms with Gasteiger partial charge in [0.1, 0.15) is 0 Å². The number of hydrogen-bond donors (Lipinski definition) is 1. The molecule has 0 unspecified atom stereocenters. The Morgan fingerprint density at radius 3 is 2.52 bits per heavy atom. The SMILES string of the molecule is Cn1nc(C(=O)O)cc1-c1cccc2c1n(C)c(=O)n2C. The number of hydrogen-bond acceptors (Lipinski definition) is 3. The van der Waals surface area contributed by atoms with Crippen molar-refractivity contribution in [1.29, 1.82) is 0 Å². The molecule has 21 heavy (non-hydrogen) atoms. The monoisotopic (exact) mass is 286 g/mol. The highest BCUT2D eigenvalue weighted by molar-refractivity contribution is 5.94. The zero-order valence-electron chi connectivity index (χ0n) is 11.9. The minimum atomic E-state index is -1.08. The Morgan fingerprint density at radius 2 is 1.90 bits per heavy atom. The highest BCUT2D eigenvalue weighted by Crippen LogP contribution is 2.27. The molecule has 0 saturated carbocycles. The van der Waals surface area contributed by atoms with Gasteiger partial charge in [0, 0.05) is 26.7 Å². The molecule has 108 valence electrons. The van der Waals surface area contributed by atoms with E-state index in [2.05, 4.69) is 5.10 Å².